The quantitative estimate of drug-likeness (QED) is 0.111. The van der Waals surface area contributed by atoms with Crippen LogP contribution in [0.4, 0.5) is 0 Å². The van der Waals surface area contributed by atoms with Crippen LogP contribution in [0.2, 0.25) is 0 Å². The molecule has 0 saturated heterocycles. The smallest absolute Gasteiger partial charge is 0.326 e. The normalized spacial score (nSPS) is 13.9. The second-order valence-corrected chi connectivity index (χ2v) is 8.01. The molecule has 5 amide bonds. The van der Waals surface area contributed by atoms with Gasteiger partial charge in [0.2, 0.25) is 29.5 Å². The van der Waals surface area contributed by atoms with E-state index in [2.05, 4.69) is 16.0 Å². The lowest BCUT2D eigenvalue weighted by atomic mass is 10.0. The van der Waals surface area contributed by atoms with Crippen molar-refractivity contribution in [1.82, 2.24) is 16.0 Å². The van der Waals surface area contributed by atoms with Crippen LogP contribution in [0.15, 0.2) is 30.3 Å². The Balaban J connectivity index is 3.04. The second kappa shape index (κ2) is 15.1. The lowest BCUT2D eigenvalue weighted by Crippen LogP contribution is -2.57. The van der Waals surface area contributed by atoms with Crippen LogP contribution in [0.1, 0.15) is 31.2 Å². The molecule has 11 N–H and O–H groups in total. The summed E-state index contributed by atoms with van der Waals surface area (Å²) in [5.41, 5.74) is 16.3. The van der Waals surface area contributed by atoms with Gasteiger partial charge in [-0.1, -0.05) is 30.3 Å². The molecule has 0 spiro atoms. The van der Waals surface area contributed by atoms with E-state index < -0.39 is 66.3 Å². The Kier molecular flexibility index (Phi) is 12.5. The Bertz CT molecular complexity index is 942. The van der Waals surface area contributed by atoms with E-state index in [-0.39, 0.29) is 32.1 Å². The Morgan fingerprint density at radius 3 is 1.61 bits per heavy atom. The fourth-order valence-electron chi connectivity index (χ4n) is 3.07. The summed E-state index contributed by atoms with van der Waals surface area (Å²) in [6.45, 7) is -0.711. The number of amides is 5. The molecule has 4 atom stereocenters. The molecule has 1 aromatic rings. The van der Waals surface area contributed by atoms with Gasteiger partial charge in [0.1, 0.15) is 24.2 Å². The van der Waals surface area contributed by atoms with Gasteiger partial charge in [0.25, 0.3) is 0 Å². The van der Waals surface area contributed by atoms with Crippen LogP contribution in [0, 0.1) is 0 Å². The van der Waals surface area contributed by atoms with Crippen molar-refractivity contribution in [2.45, 2.75) is 56.3 Å². The number of nitrogens with two attached hydrogens (primary N) is 3. The molecule has 0 aromatic heterocycles. The molecule has 14 heteroatoms. The van der Waals surface area contributed by atoms with Gasteiger partial charge in [-0.3, -0.25) is 24.0 Å². The summed E-state index contributed by atoms with van der Waals surface area (Å²) < 4.78 is 0. The second-order valence-electron chi connectivity index (χ2n) is 8.01. The number of carboxylic acids is 1. The predicted molar refractivity (Wildman–Crippen MR) is 125 cm³/mol. The Labute approximate surface area is 206 Å². The van der Waals surface area contributed by atoms with Crippen molar-refractivity contribution in [2.75, 3.05) is 6.61 Å². The first kappa shape index (κ1) is 30.0. The summed E-state index contributed by atoms with van der Waals surface area (Å²) in [4.78, 5) is 72.0. The van der Waals surface area contributed by atoms with Crippen LogP contribution in [0.25, 0.3) is 0 Å². The molecule has 198 valence electrons. The third kappa shape index (κ3) is 10.9. The monoisotopic (exact) mass is 508 g/mol. The molecule has 0 heterocycles. The first-order valence-corrected chi connectivity index (χ1v) is 11.1. The Morgan fingerprint density at radius 2 is 1.19 bits per heavy atom. The van der Waals surface area contributed by atoms with Crippen LogP contribution in [-0.2, 0) is 35.2 Å². The molecule has 4 unspecified atom stereocenters. The molecular formula is C22H32N6O8. The van der Waals surface area contributed by atoms with Crippen molar-refractivity contribution in [3.05, 3.63) is 35.9 Å². The summed E-state index contributed by atoms with van der Waals surface area (Å²) in [5.74, 6) is -5.57. The van der Waals surface area contributed by atoms with E-state index in [4.69, 9.17) is 22.3 Å². The topological polar surface area (TPSA) is 257 Å². The standard InChI is InChI=1S/C22H32N6O8/c23-13(11-29)19(32)26-14(6-8-17(24)30)20(33)27-15(7-9-18(25)31)21(34)28-16(22(35)36)10-12-4-2-1-3-5-12/h1-5,13-16,29H,6-11,23H2,(H2,24,30)(H2,25,31)(H,26,32)(H,27,33)(H,28,34)(H,35,36). The fourth-order valence-corrected chi connectivity index (χ4v) is 3.07. The zero-order chi connectivity index (χ0) is 27.3. The molecule has 1 rings (SSSR count). The third-order valence-corrected chi connectivity index (χ3v) is 5.06. The molecule has 0 aliphatic rings. The number of primary amides is 2. The van der Waals surface area contributed by atoms with E-state index in [0.29, 0.717) is 5.56 Å². The lowest BCUT2D eigenvalue weighted by molar-refractivity contribution is -0.142. The van der Waals surface area contributed by atoms with Crippen LogP contribution < -0.4 is 33.2 Å². The van der Waals surface area contributed by atoms with Gasteiger partial charge >= 0.3 is 5.97 Å². The number of carbonyl (C=O) groups excluding carboxylic acids is 5. The maximum absolute atomic E-state index is 12.9. The molecule has 0 bridgehead atoms. The average Bonchev–Trinajstić information content (AvgIpc) is 2.83. The minimum atomic E-state index is -1.40. The Morgan fingerprint density at radius 1 is 0.750 bits per heavy atom. The minimum absolute atomic E-state index is 0.0469. The number of aliphatic carboxylic acids is 1. The predicted octanol–water partition coefficient (Wildman–Crippen LogP) is -3.38. The summed E-state index contributed by atoms with van der Waals surface area (Å²) in [7, 11) is 0. The molecular weight excluding hydrogens is 476 g/mol. The SMILES string of the molecule is NC(=O)CCC(NC(=O)C(N)CO)C(=O)NC(CCC(N)=O)C(=O)NC(Cc1ccccc1)C(=O)O. The molecule has 0 fully saturated rings. The van der Waals surface area contributed by atoms with E-state index in [1.807, 2.05) is 0 Å². The highest BCUT2D eigenvalue weighted by molar-refractivity contribution is 5.94. The van der Waals surface area contributed by atoms with Crippen molar-refractivity contribution in [1.29, 1.82) is 0 Å². The Hall–Kier alpha value is -4.04. The highest BCUT2D eigenvalue weighted by Crippen LogP contribution is 2.07. The number of aliphatic hydroxyl groups excluding tert-OH is 1. The zero-order valence-corrected chi connectivity index (χ0v) is 19.5. The van der Waals surface area contributed by atoms with Crippen molar-refractivity contribution in [3.8, 4) is 0 Å². The van der Waals surface area contributed by atoms with Gasteiger partial charge in [-0.05, 0) is 18.4 Å². The molecule has 0 aliphatic carbocycles. The highest BCUT2D eigenvalue weighted by Gasteiger charge is 2.30. The lowest BCUT2D eigenvalue weighted by Gasteiger charge is -2.25. The number of rotatable bonds is 16. The van der Waals surface area contributed by atoms with Crippen LogP contribution in [0.5, 0.6) is 0 Å². The van der Waals surface area contributed by atoms with Crippen molar-refractivity contribution in [3.63, 3.8) is 0 Å². The summed E-state index contributed by atoms with van der Waals surface area (Å²) in [5, 5.41) is 25.5. The molecule has 1 aromatic carbocycles. The summed E-state index contributed by atoms with van der Waals surface area (Å²) in [6, 6.07) is 3.04. The van der Waals surface area contributed by atoms with Gasteiger partial charge in [-0.15, -0.1) is 0 Å². The molecule has 0 aliphatic heterocycles. The first-order valence-electron chi connectivity index (χ1n) is 11.1. The maximum atomic E-state index is 12.9. The molecule has 14 nitrogen and oxygen atoms in total. The number of benzene rings is 1. The van der Waals surface area contributed by atoms with Gasteiger partial charge in [0, 0.05) is 19.3 Å². The molecule has 36 heavy (non-hydrogen) atoms. The van der Waals surface area contributed by atoms with E-state index in [0.717, 1.165) is 0 Å². The number of carboxylic acid groups (broad SMARTS) is 1. The van der Waals surface area contributed by atoms with Crippen LogP contribution >= 0.6 is 0 Å². The largest absolute Gasteiger partial charge is 0.480 e. The van der Waals surface area contributed by atoms with Crippen LogP contribution in [-0.4, -0.2) is 76.5 Å². The molecule has 0 saturated carbocycles. The maximum Gasteiger partial charge on any atom is 0.326 e. The number of aliphatic hydroxyl groups is 1. The average molecular weight is 509 g/mol. The van der Waals surface area contributed by atoms with Gasteiger partial charge in [0.15, 0.2) is 0 Å². The molecule has 0 radical (unpaired) electrons. The first-order chi connectivity index (χ1) is 16.9. The van der Waals surface area contributed by atoms with Crippen LogP contribution in [0.3, 0.4) is 0 Å². The van der Waals surface area contributed by atoms with E-state index in [9.17, 15) is 33.9 Å². The third-order valence-electron chi connectivity index (χ3n) is 5.06. The van der Waals surface area contributed by atoms with E-state index >= 15 is 0 Å². The minimum Gasteiger partial charge on any atom is -0.480 e. The summed E-state index contributed by atoms with van der Waals surface area (Å²) >= 11 is 0. The van der Waals surface area contributed by atoms with Gasteiger partial charge < -0.3 is 43.4 Å². The van der Waals surface area contributed by atoms with Crippen molar-refractivity contribution < 1.29 is 39.0 Å². The highest BCUT2D eigenvalue weighted by atomic mass is 16.4. The van der Waals surface area contributed by atoms with Gasteiger partial charge in [0.05, 0.1) is 6.61 Å². The van der Waals surface area contributed by atoms with Gasteiger partial charge in [-0.2, -0.15) is 0 Å². The number of nitrogens with one attached hydrogen (secondary N) is 3. The fraction of sp³-hybridized carbons (Fsp3) is 0.455. The summed E-state index contributed by atoms with van der Waals surface area (Å²) in [6.07, 6.45) is -1.18. The van der Waals surface area contributed by atoms with E-state index in [1.165, 1.54) is 0 Å². The van der Waals surface area contributed by atoms with E-state index in [1.54, 1.807) is 30.3 Å². The number of hydrogen-bond donors (Lipinski definition) is 8. The number of carbonyl (C=O) groups is 6. The van der Waals surface area contributed by atoms with Crippen molar-refractivity contribution >= 4 is 35.5 Å². The zero-order valence-electron chi connectivity index (χ0n) is 19.5. The van der Waals surface area contributed by atoms with Crippen molar-refractivity contribution in [2.24, 2.45) is 17.2 Å². The number of hydrogen-bond acceptors (Lipinski definition) is 8. The van der Waals surface area contributed by atoms with Gasteiger partial charge in [-0.25, -0.2) is 4.79 Å².